The highest BCUT2D eigenvalue weighted by atomic mass is 127. The highest BCUT2D eigenvalue weighted by Gasteiger charge is 2.57. The van der Waals surface area contributed by atoms with E-state index in [0.717, 1.165) is 51.4 Å². The lowest BCUT2D eigenvalue weighted by molar-refractivity contribution is -0.195. The standard InChI is InChI=1S/C31H49F2IO7/c1-3-4-10-21(32)23(39-27-13-5-7-17-37-27)16-15-20-24(40-28-14-6-8-18-38-28)19-25-29(20)30(33)31(41-25)22(34)11-9-12-26(35)36-2/h15-16,20-25,27-31H,3-14,17-19H2,1-2H3/b16-15+/t20-,21?,22?,23+,24+,25-,27?,28?,29+,30?,31?/m0/s1. The molecule has 6 unspecified atom stereocenters. The molecule has 0 aromatic carbocycles. The summed E-state index contributed by atoms with van der Waals surface area (Å²) in [7, 11) is 1.37. The Kier molecular flexibility index (Phi) is 14.0. The van der Waals surface area contributed by atoms with Crippen LogP contribution in [-0.2, 0) is 33.2 Å². The molecule has 0 amide bonds. The van der Waals surface area contributed by atoms with E-state index in [2.05, 4.69) is 22.6 Å². The van der Waals surface area contributed by atoms with Gasteiger partial charge in [0.15, 0.2) is 12.6 Å². The van der Waals surface area contributed by atoms with Crippen LogP contribution in [0.15, 0.2) is 12.2 Å². The second kappa shape index (κ2) is 17.2. The first-order valence-electron chi connectivity index (χ1n) is 15.8. The molecular formula is C31H49F2IO7. The lowest BCUT2D eigenvalue weighted by Gasteiger charge is -2.31. The molecule has 3 heterocycles. The number of hydrogen-bond acceptors (Lipinski definition) is 7. The maximum Gasteiger partial charge on any atom is 0.305 e. The molecule has 236 valence electrons. The van der Waals surface area contributed by atoms with Crippen LogP contribution in [0.5, 0.6) is 0 Å². The van der Waals surface area contributed by atoms with Crippen LogP contribution in [0.4, 0.5) is 8.78 Å². The quantitative estimate of drug-likeness (QED) is 0.0809. The first-order chi connectivity index (χ1) is 19.9. The van der Waals surface area contributed by atoms with E-state index in [1.807, 2.05) is 13.0 Å². The van der Waals surface area contributed by atoms with Gasteiger partial charge in [0.05, 0.1) is 19.3 Å². The van der Waals surface area contributed by atoms with Gasteiger partial charge in [0.2, 0.25) is 0 Å². The smallest absolute Gasteiger partial charge is 0.305 e. The largest absolute Gasteiger partial charge is 0.469 e. The number of esters is 1. The Morgan fingerprint density at radius 1 is 1.07 bits per heavy atom. The molecule has 4 aliphatic rings. The maximum atomic E-state index is 16.2. The van der Waals surface area contributed by atoms with Crippen LogP contribution < -0.4 is 0 Å². The topological polar surface area (TPSA) is 72.5 Å². The van der Waals surface area contributed by atoms with Gasteiger partial charge < -0.3 is 28.4 Å². The fourth-order valence-electron chi connectivity index (χ4n) is 6.55. The van der Waals surface area contributed by atoms with Crippen LogP contribution in [-0.4, -0.2) is 79.6 Å². The molecular weight excluding hydrogens is 649 g/mol. The lowest BCUT2D eigenvalue weighted by atomic mass is 9.87. The normalized spacial score (nSPS) is 36.2. The Hall–Kier alpha value is -0.400. The zero-order valence-corrected chi connectivity index (χ0v) is 26.8. The van der Waals surface area contributed by atoms with Gasteiger partial charge in [-0.25, -0.2) is 8.78 Å². The summed E-state index contributed by atoms with van der Waals surface area (Å²) in [6.45, 7) is 3.33. The second-order valence-electron chi connectivity index (χ2n) is 11.9. The molecule has 41 heavy (non-hydrogen) atoms. The Morgan fingerprint density at radius 2 is 1.80 bits per heavy atom. The Labute approximate surface area is 257 Å². The highest BCUT2D eigenvalue weighted by Crippen LogP contribution is 2.49. The molecule has 10 heteroatoms. The number of methoxy groups -OCH3 is 1. The van der Waals surface area contributed by atoms with Gasteiger partial charge in [-0.15, -0.1) is 0 Å². The van der Waals surface area contributed by atoms with Crippen LogP contribution in [0.25, 0.3) is 0 Å². The van der Waals surface area contributed by atoms with Gasteiger partial charge in [-0.1, -0.05) is 54.5 Å². The number of alkyl halides is 3. The van der Waals surface area contributed by atoms with Crippen molar-refractivity contribution in [2.45, 2.75) is 144 Å². The number of halogens is 3. The summed E-state index contributed by atoms with van der Waals surface area (Å²) in [5, 5.41) is 0. The molecule has 1 saturated carbocycles. The highest BCUT2D eigenvalue weighted by molar-refractivity contribution is 14.1. The minimum atomic E-state index is -1.20. The number of hydrogen-bond donors (Lipinski definition) is 0. The van der Waals surface area contributed by atoms with Gasteiger partial charge in [0.25, 0.3) is 0 Å². The van der Waals surface area contributed by atoms with E-state index >= 15 is 8.78 Å². The molecule has 4 rings (SSSR count). The molecule has 1 aliphatic carbocycles. The van der Waals surface area contributed by atoms with Gasteiger partial charge in [-0.3, -0.25) is 4.79 Å². The van der Waals surface area contributed by atoms with Gasteiger partial charge in [-0.2, -0.15) is 0 Å². The molecule has 11 atom stereocenters. The number of rotatable bonds is 15. The molecule has 0 bridgehead atoms. The molecule has 0 aromatic heterocycles. The SMILES string of the molecule is CCCCC(F)[C@@H](/C=C/[C@@H]1[C@H]2C(F)C(C(I)CCCC(=O)OC)O[C@H]2C[C@H]1OC1CCCCO1)OC1CCCCO1. The van der Waals surface area contributed by atoms with Crippen molar-refractivity contribution in [3.8, 4) is 0 Å². The summed E-state index contributed by atoms with van der Waals surface area (Å²) in [6, 6.07) is 0. The molecule has 0 aromatic rings. The zero-order valence-electron chi connectivity index (χ0n) is 24.6. The summed E-state index contributed by atoms with van der Waals surface area (Å²) in [5.74, 6) is -0.950. The fraction of sp³-hybridized carbons (Fsp3) is 0.903. The molecule has 0 radical (unpaired) electrons. The van der Waals surface area contributed by atoms with Crippen LogP contribution in [0.2, 0.25) is 0 Å². The van der Waals surface area contributed by atoms with E-state index < -0.39 is 36.8 Å². The van der Waals surface area contributed by atoms with E-state index in [-0.39, 0.29) is 34.3 Å². The predicted molar refractivity (Wildman–Crippen MR) is 159 cm³/mol. The molecule has 0 N–H and O–H groups in total. The number of carbonyl (C=O) groups excluding carboxylic acids is 1. The molecule has 4 fully saturated rings. The van der Waals surface area contributed by atoms with Crippen molar-refractivity contribution >= 4 is 28.6 Å². The summed E-state index contributed by atoms with van der Waals surface area (Å²) < 4.78 is 66.9. The van der Waals surface area contributed by atoms with Crippen molar-refractivity contribution < 1.29 is 42.0 Å². The first-order valence-corrected chi connectivity index (χ1v) is 17.0. The van der Waals surface area contributed by atoms with Crippen LogP contribution in [0.1, 0.15) is 90.4 Å². The Bertz CT molecular complexity index is 807. The van der Waals surface area contributed by atoms with Crippen molar-refractivity contribution in [2.24, 2.45) is 11.8 Å². The van der Waals surface area contributed by atoms with Crippen molar-refractivity contribution in [2.75, 3.05) is 20.3 Å². The lowest BCUT2D eigenvalue weighted by Crippen LogP contribution is -2.37. The third kappa shape index (κ3) is 9.54. The molecule has 3 saturated heterocycles. The van der Waals surface area contributed by atoms with E-state index in [1.165, 1.54) is 7.11 Å². The van der Waals surface area contributed by atoms with Crippen molar-refractivity contribution in [3.05, 3.63) is 12.2 Å². The number of fused-ring (bicyclic) bond motifs is 1. The van der Waals surface area contributed by atoms with Gasteiger partial charge in [0, 0.05) is 41.8 Å². The van der Waals surface area contributed by atoms with E-state index in [1.54, 1.807) is 6.08 Å². The Balaban J connectivity index is 1.48. The van der Waals surface area contributed by atoms with Crippen molar-refractivity contribution in [1.29, 1.82) is 0 Å². The third-order valence-electron chi connectivity index (χ3n) is 8.85. The van der Waals surface area contributed by atoms with Gasteiger partial charge in [0.1, 0.15) is 24.6 Å². The molecule has 0 spiro atoms. The van der Waals surface area contributed by atoms with Crippen molar-refractivity contribution in [1.82, 2.24) is 0 Å². The third-order valence-corrected chi connectivity index (χ3v) is 10.2. The first kappa shape index (κ1) is 33.5. The number of ether oxygens (including phenoxy) is 6. The minimum absolute atomic E-state index is 0.0765. The van der Waals surface area contributed by atoms with Crippen LogP contribution in [0.3, 0.4) is 0 Å². The van der Waals surface area contributed by atoms with Crippen LogP contribution >= 0.6 is 22.6 Å². The van der Waals surface area contributed by atoms with Crippen LogP contribution in [0, 0.1) is 11.8 Å². The summed E-state index contributed by atoms with van der Waals surface area (Å²) in [4.78, 5) is 11.5. The predicted octanol–water partition coefficient (Wildman–Crippen LogP) is 6.78. The van der Waals surface area contributed by atoms with E-state index in [9.17, 15) is 4.79 Å². The van der Waals surface area contributed by atoms with Crippen molar-refractivity contribution in [3.63, 3.8) is 0 Å². The summed E-state index contributed by atoms with van der Waals surface area (Å²) in [5.41, 5.74) is 0. The Morgan fingerprint density at radius 3 is 2.46 bits per heavy atom. The van der Waals surface area contributed by atoms with Gasteiger partial charge >= 0.3 is 5.97 Å². The van der Waals surface area contributed by atoms with E-state index in [0.29, 0.717) is 45.3 Å². The average molecular weight is 699 g/mol. The summed E-state index contributed by atoms with van der Waals surface area (Å²) in [6.07, 6.45) is 8.56. The minimum Gasteiger partial charge on any atom is -0.469 e. The van der Waals surface area contributed by atoms with E-state index in [4.69, 9.17) is 28.4 Å². The monoisotopic (exact) mass is 698 g/mol. The number of unbranched alkanes of at least 4 members (excludes halogenated alkanes) is 1. The molecule has 3 aliphatic heterocycles. The number of carbonyl (C=O) groups is 1. The maximum absolute atomic E-state index is 16.2. The average Bonchev–Trinajstić information content (AvgIpc) is 3.49. The molecule has 7 nitrogen and oxygen atoms in total. The summed E-state index contributed by atoms with van der Waals surface area (Å²) >= 11 is 2.25. The van der Waals surface area contributed by atoms with Gasteiger partial charge in [-0.05, 0) is 57.8 Å². The fourth-order valence-corrected chi connectivity index (χ4v) is 7.56. The second-order valence-corrected chi connectivity index (χ2v) is 13.5. The zero-order chi connectivity index (χ0) is 29.2.